The summed E-state index contributed by atoms with van der Waals surface area (Å²) in [5, 5.41) is 1.37. The molecule has 1 unspecified atom stereocenters. The first-order valence-corrected chi connectivity index (χ1v) is 11.5. The molecule has 148 valence electrons. The van der Waals surface area contributed by atoms with Gasteiger partial charge < -0.3 is 9.32 Å². The van der Waals surface area contributed by atoms with Crippen molar-refractivity contribution in [2.24, 2.45) is 23.7 Å². The molecular weight excluding hydrogens is 354 g/mol. The van der Waals surface area contributed by atoms with Gasteiger partial charge in [0, 0.05) is 16.6 Å². The zero-order valence-electron chi connectivity index (χ0n) is 17.4. The molecule has 0 amide bonds. The Labute approximate surface area is 172 Å². The van der Waals surface area contributed by atoms with Crippen LogP contribution in [0.3, 0.4) is 0 Å². The monoisotopic (exact) mass is 383 g/mol. The van der Waals surface area contributed by atoms with E-state index in [4.69, 9.17) is 4.42 Å². The van der Waals surface area contributed by atoms with Crippen LogP contribution in [0, 0.1) is 30.6 Å². The third-order valence-electron chi connectivity index (χ3n) is 8.95. The van der Waals surface area contributed by atoms with E-state index in [1.807, 2.05) is 0 Å². The molecule has 4 fully saturated rings. The average molecular weight is 384 g/mol. The van der Waals surface area contributed by atoms with Crippen LogP contribution in [0.1, 0.15) is 62.0 Å². The van der Waals surface area contributed by atoms with E-state index in [2.05, 4.69) is 67.3 Å². The number of benzene rings is 2. The predicted molar refractivity (Wildman–Crippen MR) is 117 cm³/mol. The maximum Gasteiger partial charge on any atom is 0.134 e. The van der Waals surface area contributed by atoms with Crippen molar-refractivity contribution < 1.29 is 4.42 Å². The molecule has 3 aromatic rings. The maximum absolute atomic E-state index is 6.60. The first-order valence-electron chi connectivity index (χ1n) is 11.5. The molecule has 1 spiro atoms. The van der Waals surface area contributed by atoms with Crippen LogP contribution < -0.4 is 4.90 Å². The van der Waals surface area contributed by atoms with Crippen LogP contribution in [0.2, 0.25) is 0 Å². The molecule has 8 rings (SSSR count). The summed E-state index contributed by atoms with van der Waals surface area (Å²) >= 11 is 0. The van der Waals surface area contributed by atoms with Gasteiger partial charge in [0.1, 0.15) is 11.3 Å². The van der Waals surface area contributed by atoms with Crippen LogP contribution in [-0.4, -0.2) is 0 Å². The standard InChI is InChI=1S/C27H29NO/c1-16-7-3-5-9-23(16)28-17(2)26-25(22-8-4-6-10-24(22)29-26)27(28)20-12-18-11-19(14-20)15-21(27)13-18/h3-10,17-21H,11-15H2,1-2H3. The average Bonchev–Trinajstić information content (AvgIpc) is 3.21. The lowest BCUT2D eigenvalue weighted by Crippen LogP contribution is -2.62. The Balaban J connectivity index is 1.55. The molecule has 0 radical (unpaired) electrons. The topological polar surface area (TPSA) is 16.4 Å². The highest BCUT2D eigenvalue weighted by Crippen LogP contribution is 2.70. The highest BCUT2D eigenvalue weighted by molar-refractivity contribution is 5.87. The molecule has 4 saturated carbocycles. The van der Waals surface area contributed by atoms with Crippen LogP contribution in [0.15, 0.2) is 52.9 Å². The first kappa shape index (κ1) is 16.6. The summed E-state index contributed by atoms with van der Waals surface area (Å²) in [6, 6.07) is 18.1. The van der Waals surface area contributed by atoms with E-state index in [-0.39, 0.29) is 11.6 Å². The van der Waals surface area contributed by atoms with Gasteiger partial charge in [0.25, 0.3) is 0 Å². The number of hydrogen-bond donors (Lipinski definition) is 0. The summed E-state index contributed by atoms with van der Waals surface area (Å²) < 4.78 is 6.60. The molecule has 2 aromatic carbocycles. The van der Waals surface area contributed by atoms with Crippen molar-refractivity contribution in [1.82, 2.24) is 0 Å². The van der Waals surface area contributed by atoms with Crippen LogP contribution in [0.5, 0.6) is 0 Å². The fourth-order valence-electron chi connectivity index (χ4n) is 8.28. The van der Waals surface area contributed by atoms with Crippen molar-refractivity contribution in [2.45, 2.75) is 57.5 Å². The normalized spacial score (nSPS) is 37.0. The molecule has 1 aromatic heterocycles. The molecule has 29 heavy (non-hydrogen) atoms. The Hall–Kier alpha value is -2.22. The molecule has 2 nitrogen and oxygen atoms in total. The van der Waals surface area contributed by atoms with Gasteiger partial charge in [0.2, 0.25) is 0 Å². The SMILES string of the molecule is Cc1ccccc1N1C(C)c2oc3ccccc3c2C12C1CC3CC(C1)CC2C3. The lowest BCUT2D eigenvalue weighted by molar-refractivity contribution is -0.0596. The van der Waals surface area contributed by atoms with Gasteiger partial charge in [-0.25, -0.2) is 0 Å². The number of nitrogens with zero attached hydrogens (tertiary/aromatic N) is 1. The predicted octanol–water partition coefficient (Wildman–Crippen LogP) is 6.97. The summed E-state index contributed by atoms with van der Waals surface area (Å²) in [5.74, 6) is 4.66. The Bertz CT molecular complexity index is 1100. The number of para-hydroxylation sites is 2. The highest BCUT2D eigenvalue weighted by Gasteiger charge is 2.66. The van der Waals surface area contributed by atoms with Crippen molar-refractivity contribution >= 4 is 16.7 Å². The van der Waals surface area contributed by atoms with Crippen LogP contribution in [0.25, 0.3) is 11.0 Å². The second kappa shape index (κ2) is 5.47. The van der Waals surface area contributed by atoms with E-state index >= 15 is 0 Å². The second-order valence-electron chi connectivity index (χ2n) is 10.3. The maximum atomic E-state index is 6.60. The molecule has 2 heteroatoms. The lowest BCUT2D eigenvalue weighted by atomic mass is 9.47. The van der Waals surface area contributed by atoms with Gasteiger partial charge in [0.15, 0.2) is 0 Å². The number of aryl methyl sites for hydroxylation is 1. The van der Waals surface area contributed by atoms with Gasteiger partial charge in [-0.05, 0) is 87.3 Å². The van der Waals surface area contributed by atoms with Gasteiger partial charge in [-0.15, -0.1) is 0 Å². The lowest BCUT2D eigenvalue weighted by Gasteiger charge is -2.64. The fraction of sp³-hybridized carbons (Fsp3) is 0.481. The van der Waals surface area contributed by atoms with E-state index in [0.29, 0.717) is 0 Å². The van der Waals surface area contributed by atoms with Crippen molar-refractivity contribution in [3.05, 3.63) is 65.4 Å². The Morgan fingerprint density at radius 3 is 2.24 bits per heavy atom. The number of furan rings is 1. The molecule has 1 atom stereocenters. The third kappa shape index (κ3) is 1.89. The Morgan fingerprint density at radius 1 is 0.862 bits per heavy atom. The summed E-state index contributed by atoms with van der Waals surface area (Å²) in [6.07, 6.45) is 7.10. The number of hydrogen-bond acceptors (Lipinski definition) is 2. The molecule has 4 bridgehead atoms. The van der Waals surface area contributed by atoms with Gasteiger partial charge in [0.05, 0.1) is 11.6 Å². The zero-order chi connectivity index (χ0) is 19.3. The van der Waals surface area contributed by atoms with E-state index in [1.165, 1.54) is 54.5 Å². The fourth-order valence-corrected chi connectivity index (χ4v) is 8.28. The summed E-state index contributed by atoms with van der Waals surface area (Å²) in [7, 11) is 0. The van der Waals surface area contributed by atoms with Crippen molar-refractivity contribution in [3.8, 4) is 0 Å². The highest BCUT2D eigenvalue weighted by atomic mass is 16.3. The minimum Gasteiger partial charge on any atom is -0.458 e. The molecule has 5 aliphatic rings. The minimum absolute atomic E-state index is 0.112. The molecule has 0 N–H and O–H groups in total. The zero-order valence-corrected chi connectivity index (χ0v) is 17.4. The molecular formula is C27H29NO. The third-order valence-corrected chi connectivity index (χ3v) is 8.95. The second-order valence-corrected chi connectivity index (χ2v) is 10.3. The van der Waals surface area contributed by atoms with Crippen LogP contribution in [0.4, 0.5) is 5.69 Å². The smallest absolute Gasteiger partial charge is 0.134 e. The van der Waals surface area contributed by atoms with E-state index in [1.54, 1.807) is 5.56 Å². The van der Waals surface area contributed by atoms with Gasteiger partial charge in [-0.3, -0.25) is 0 Å². The Morgan fingerprint density at radius 2 is 1.52 bits per heavy atom. The number of anilines is 1. The largest absolute Gasteiger partial charge is 0.458 e. The summed E-state index contributed by atoms with van der Waals surface area (Å²) in [4.78, 5) is 2.83. The molecule has 1 aliphatic heterocycles. The van der Waals surface area contributed by atoms with Crippen molar-refractivity contribution in [2.75, 3.05) is 4.90 Å². The number of rotatable bonds is 1. The van der Waals surface area contributed by atoms with E-state index in [9.17, 15) is 0 Å². The Kier molecular flexibility index (Phi) is 3.13. The summed E-state index contributed by atoms with van der Waals surface area (Å²) in [5.41, 5.74) is 5.56. The molecule has 4 aliphatic carbocycles. The van der Waals surface area contributed by atoms with Gasteiger partial charge in [-0.1, -0.05) is 36.4 Å². The minimum atomic E-state index is 0.112. The van der Waals surface area contributed by atoms with E-state index < -0.39 is 0 Å². The van der Waals surface area contributed by atoms with Crippen LogP contribution in [-0.2, 0) is 5.54 Å². The quantitative estimate of drug-likeness (QED) is 0.451. The summed E-state index contributed by atoms with van der Waals surface area (Å²) in [6.45, 7) is 4.66. The first-order chi connectivity index (χ1) is 14.2. The van der Waals surface area contributed by atoms with E-state index in [0.717, 1.165) is 29.3 Å². The van der Waals surface area contributed by atoms with Crippen molar-refractivity contribution in [1.29, 1.82) is 0 Å². The molecule has 0 saturated heterocycles. The van der Waals surface area contributed by atoms with Gasteiger partial charge in [-0.2, -0.15) is 0 Å². The molecule has 2 heterocycles. The number of fused-ring (bicyclic) bond motifs is 3. The van der Waals surface area contributed by atoms with Gasteiger partial charge >= 0.3 is 0 Å². The van der Waals surface area contributed by atoms with Crippen molar-refractivity contribution in [3.63, 3.8) is 0 Å². The van der Waals surface area contributed by atoms with Crippen LogP contribution >= 0.6 is 0 Å².